The average molecular weight is 777 g/mol. The molecule has 5 fully saturated rings. The summed E-state index contributed by atoms with van der Waals surface area (Å²) in [5, 5.41) is 12.8. The van der Waals surface area contributed by atoms with E-state index in [2.05, 4.69) is 32.2 Å². The summed E-state index contributed by atoms with van der Waals surface area (Å²) in [4.78, 5) is 55.1. The van der Waals surface area contributed by atoms with Crippen LogP contribution in [-0.4, -0.2) is 101 Å². The van der Waals surface area contributed by atoms with Crippen LogP contribution in [-0.2, 0) is 38.1 Å². The summed E-state index contributed by atoms with van der Waals surface area (Å²) in [6.45, 7) is 12.4. The van der Waals surface area contributed by atoms with E-state index in [9.17, 15) is 24.3 Å². The Morgan fingerprint density at radius 2 is 1.91 bits per heavy atom. The lowest BCUT2D eigenvalue weighted by Crippen LogP contribution is -2.51. The first kappa shape index (κ1) is 40.6. The minimum Gasteiger partial charge on any atom is -0.460 e. The van der Waals surface area contributed by atoms with Gasteiger partial charge in [0.2, 0.25) is 11.8 Å². The van der Waals surface area contributed by atoms with Crippen molar-refractivity contribution >= 4 is 29.8 Å². The van der Waals surface area contributed by atoms with Crippen molar-refractivity contribution in [2.75, 3.05) is 19.9 Å². The number of fused-ring (bicyclic) bond motifs is 3. The van der Waals surface area contributed by atoms with Crippen LogP contribution in [0.25, 0.3) is 6.08 Å². The number of benzene rings is 1. The number of hydrogen-bond donors (Lipinski definition) is 2. The van der Waals surface area contributed by atoms with Gasteiger partial charge in [-0.05, 0) is 120 Å². The molecule has 306 valence electrons. The van der Waals surface area contributed by atoms with E-state index < -0.39 is 53.8 Å². The summed E-state index contributed by atoms with van der Waals surface area (Å²) in [6.07, 6.45) is 9.23. The first-order chi connectivity index (χ1) is 26.5. The Balaban J connectivity index is 0.998. The third-order valence-electron chi connectivity index (χ3n) is 12.9. The SMILES string of the molecule is CC(C)(C)OC(=O)CCC(CO)NC(=O)C1CCCN1C(=O)C1=CC2OCOC2C(OC(=O)c2cccc(C=C3CCC4OC4(C)CCC4C3CC4(C)C)c2)C1. The van der Waals surface area contributed by atoms with Gasteiger partial charge in [0.15, 0.2) is 0 Å². The largest absolute Gasteiger partial charge is 0.460 e. The Hall–Kier alpha value is -3.58. The minimum atomic E-state index is -0.775. The van der Waals surface area contributed by atoms with Gasteiger partial charge in [-0.3, -0.25) is 14.4 Å². The van der Waals surface area contributed by atoms with E-state index in [1.807, 2.05) is 18.2 Å². The second-order valence-corrected chi connectivity index (χ2v) is 18.6. The summed E-state index contributed by atoms with van der Waals surface area (Å²) in [6, 6.07) is 6.13. The maximum Gasteiger partial charge on any atom is 0.338 e. The average Bonchev–Trinajstić information content (AvgIpc) is 3.49. The molecule has 0 bridgehead atoms. The smallest absolute Gasteiger partial charge is 0.338 e. The molecule has 0 aromatic heterocycles. The molecule has 7 rings (SSSR count). The molecule has 12 heteroatoms. The number of carbonyl (C=O) groups is 4. The zero-order valence-corrected chi connectivity index (χ0v) is 33.8. The Morgan fingerprint density at radius 1 is 1.11 bits per heavy atom. The van der Waals surface area contributed by atoms with Gasteiger partial charge in [0, 0.05) is 25.0 Å². The number of epoxide rings is 1. The second kappa shape index (κ2) is 16.0. The van der Waals surface area contributed by atoms with Crippen LogP contribution in [0.15, 0.2) is 41.5 Å². The molecule has 1 aromatic carbocycles. The quantitative estimate of drug-likeness (QED) is 0.225. The van der Waals surface area contributed by atoms with Crippen molar-refractivity contribution in [3.63, 3.8) is 0 Å². The molecule has 2 saturated carbocycles. The van der Waals surface area contributed by atoms with E-state index in [0.717, 1.165) is 37.7 Å². The van der Waals surface area contributed by atoms with Gasteiger partial charge in [0.25, 0.3) is 0 Å². The fourth-order valence-electron chi connectivity index (χ4n) is 9.75. The number of rotatable bonds is 10. The Kier molecular flexibility index (Phi) is 11.6. The van der Waals surface area contributed by atoms with Crippen molar-refractivity contribution in [1.82, 2.24) is 10.2 Å². The van der Waals surface area contributed by atoms with Crippen molar-refractivity contribution in [3.8, 4) is 0 Å². The highest BCUT2D eigenvalue weighted by molar-refractivity contribution is 5.98. The highest BCUT2D eigenvalue weighted by Gasteiger charge is 2.56. The molecule has 56 heavy (non-hydrogen) atoms. The van der Waals surface area contributed by atoms with Crippen LogP contribution in [0.5, 0.6) is 0 Å². The first-order valence-corrected chi connectivity index (χ1v) is 20.6. The molecule has 12 nitrogen and oxygen atoms in total. The molecule has 2 amide bonds. The maximum absolute atomic E-state index is 14.1. The van der Waals surface area contributed by atoms with Crippen LogP contribution in [0.3, 0.4) is 0 Å². The molecule has 0 radical (unpaired) electrons. The standard InChI is InChI=1S/C44H60N2O10/c1-42(2,3)56-37(48)15-13-30(24-47)45-39(49)33-11-8-18-46(33)40(50)29-21-34-38(53-25-52-34)35(22-29)54-41(51)28-10-7-9-26(20-28)19-27-12-14-36-44(6,55-36)17-16-32-31(27)23-43(32,4)5/h7,9-10,19-21,30-36,38,47H,8,11-18,22-25H2,1-6H3,(H,45,49). The summed E-state index contributed by atoms with van der Waals surface area (Å²) in [7, 11) is 0. The summed E-state index contributed by atoms with van der Waals surface area (Å²) >= 11 is 0. The lowest BCUT2D eigenvalue weighted by molar-refractivity contribution is -0.155. The summed E-state index contributed by atoms with van der Waals surface area (Å²) in [5.74, 6) is -0.496. The van der Waals surface area contributed by atoms with Crippen LogP contribution >= 0.6 is 0 Å². The van der Waals surface area contributed by atoms with E-state index in [-0.39, 0.29) is 44.2 Å². The van der Waals surface area contributed by atoms with E-state index in [1.54, 1.807) is 32.9 Å². The number of nitrogens with one attached hydrogen (secondary N) is 1. The molecule has 3 aliphatic heterocycles. The molecule has 1 aromatic rings. The molecule has 0 spiro atoms. The molecule has 2 N–H and O–H groups in total. The fraction of sp³-hybridized carbons (Fsp3) is 0.682. The van der Waals surface area contributed by atoms with Crippen molar-refractivity contribution in [2.45, 2.75) is 153 Å². The number of allylic oxidation sites excluding steroid dienone is 1. The van der Waals surface area contributed by atoms with Crippen LogP contribution in [0.2, 0.25) is 0 Å². The zero-order valence-electron chi connectivity index (χ0n) is 33.8. The number of esters is 2. The molecule has 6 aliphatic rings. The van der Waals surface area contributed by atoms with E-state index in [0.29, 0.717) is 53.9 Å². The van der Waals surface area contributed by atoms with Crippen molar-refractivity contribution in [1.29, 1.82) is 0 Å². The van der Waals surface area contributed by atoms with Crippen LogP contribution in [0.4, 0.5) is 0 Å². The highest BCUT2D eigenvalue weighted by Crippen LogP contribution is 2.59. The number of hydrogen-bond acceptors (Lipinski definition) is 10. The van der Waals surface area contributed by atoms with Gasteiger partial charge in [-0.1, -0.05) is 37.6 Å². The van der Waals surface area contributed by atoms with E-state index >= 15 is 0 Å². The maximum atomic E-state index is 14.1. The van der Waals surface area contributed by atoms with Crippen molar-refractivity contribution < 1.29 is 48.0 Å². The fourth-order valence-corrected chi connectivity index (χ4v) is 9.75. The van der Waals surface area contributed by atoms with E-state index in [1.165, 1.54) is 10.5 Å². The van der Waals surface area contributed by atoms with Gasteiger partial charge in [-0.25, -0.2) is 4.79 Å². The molecule has 9 atom stereocenters. The normalized spacial score (nSPS) is 33.3. The van der Waals surface area contributed by atoms with Gasteiger partial charge in [-0.15, -0.1) is 0 Å². The number of aliphatic hydroxyl groups is 1. The van der Waals surface area contributed by atoms with Gasteiger partial charge < -0.3 is 39.0 Å². The molecule has 3 saturated heterocycles. The lowest BCUT2D eigenvalue weighted by atomic mass is 9.52. The van der Waals surface area contributed by atoms with Crippen LogP contribution < -0.4 is 5.32 Å². The van der Waals surface area contributed by atoms with Gasteiger partial charge in [0.1, 0.15) is 36.7 Å². The third kappa shape index (κ3) is 8.93. The monoisotopic (exact) mass is 776 g/mol. The van der Waals surface area contributed by atoms with E-state index in [4.69, 9.17) is 23.7 Å². The second-order valence-electron chi connectivity index (χ2n) is 18.6. The third-order valence-corrected chi connectivity index (χ3v) is 12.9. The Bertz CT molecular complexity index is 1750. The molecular weight excluding hydrogens is 716 g/mol. The Labute approximate surface area is 330 Å². The zero-order chi connectivity index (χ0) is 40.0. The predicted octanol–water partition coefficient (Wildman–Crippen LogP) is 5.65. The van der Waals surface area contributed by atoms with Crippen LogP contribution in [0.1, 0.15) is 122 Å². The topological polar surface area (TPSA) is 153 Å². The first-order valence-electron chi connectivity index (χ1n) is 20.6. The molecule has 9 unspecified atom stereocenters. The molecule has 3 aliphatic carbocycles. The van der Waals surface area contributed by atoms with Gasteiger partial charge in [-0.2, -0.15) is 0 Å². The number of likely N-dealkylation sites (tertiary alicyclic amines) is 1. The minimum absolute atomic E-state index is 0.00894. The number of ether oxygens (including phenoxy) is 5. The highest BCUT2D eigenvalue weighted by atomic mass is 16.7. The van der Waals surface area contributed by atoms with Gasteiger partial charge >= 0.3 is 11.9 Å². The van der Waals surface area contributed by atoms with Crippen molar-refractivity contribution in [3.05, 3.63) is 52.6 Å². The Morgan fingerprint density at radius 3 is 2.66 bits per heavy atom. The lowest BCUT2D eigenvalue weighted by Gasteiger charge is -2.53. The predicted molar refractivity (Wildman–Crippen MR) is 207 cm³/mol. The van der Waals surface area contributed by atoms with Gasteiger partial charge in [0.05, 0.1) is 29.9 Å². The summed E-state index contributed by atoms with van der Waals surface area (Å²) in [5.41, 5.74) is 2.89. The van der Waals surface area contributed by atoms with Crippen LogP contribution in [0, 0.1) is 17.3 Å². The number of carbonyl (C=O) groups excluding carboxylic acids is 4. The molecular formula is C44H60N2O10. The summed E-state index contributed by atoms with van der Waals surface area (Å²) < 4.78 is 29.3. The van der Waals surface area contributed by atoms with Crippen molar-refractivity contribution in [2.24, 2.45) is 17.3 Å². The number of nitrogens with zero attached hydrogens (tertiary/aromatic N) is 1. The molecule has 3 heterocycles. The number of amides is 2. The number of aliphatic hydroxyl groups excluding tert-OH is 1.